The van der Waals surface area contributed by atoms with Crippen LogP contribution in [0.25, 0.3) is 16.6 Å². The van der Waals surface area contributed by atoms with E-state index in [1.165, 1.54) is 4.57 Å². The SMILES string of the molecule is CCCCNC(=O)Cc1ccc(-n2c(=S)[nH]c3cc(OCC)c(OCC)cc3c2=O)cc1. The standard InChI is InChI=1S/C24H29N3O4S/c1-4-7-12-25-22(28)13-16-8-10-17(11-9-16)27-23(29)18-14-20(30-5-2)21(31-6-3)15-19(18)26-24(27)32/h8-11,14-15H,4-7,12-13H2,1-3H3,(H,25,28)(H,26,32). The lowest BCUT2D eigenvalue weighted by molar-refractivity contribution is -0.120. The van der Waals surface area contributed by atoms with Crippen LogP contribution in [0.5, 0.6) is 11.5 Å². The van der Waals surface area contributed by atoms with Crippen molar-refractivity contribution in [3.05, 3.63) is 57.1 Å². The van der Waals surface area contributed by atoms with Gasteiger partial charge in [0.2, 0.25) is 5.91 Å². The number of amides is 1. The molecule has 1 amide bonds. The summed E-state index contributed by atoms with van der Waals surface area (Å²) >= 11 is 5.47. The van der Waals surface area contributed by atoms with Gasteiger partial charge in [-0.3, -0.25) is 14.2 Å². The molecule has 8 heteroatoms. The van der Waals surface area contributed by atoms with Crippen molar-refractivity contribution in [2.24, 2.45) is 0 Å². The minimum Gasteiger partial charge on any atom is -0.490 e. The fourth-order valence-electron chi connectivity index (χ4n) is 3.41. The Hall–Kier alpha value is -3.13. The van der Waals surface area contributed by atoms with Gasteiger partial charge >= 0.3 is 0 Å². The fourth-order valence-corrected chi connectivity index (χ4v) is 3.71. The molecule has 0 aliphatic heterocycles. The third-order valence-electron chi connectivity index (χ3n) is 4.97. The Labute approximate surface area is 192 Å². The molecule has 3 aromatic rings. The van der Waals surface area contributed by atoms with E-state index < -0.39 is 0 Å². The van der Waals surface area contributed by atoms with Gasteiger partial charge in [-0.1, -0.05) is 25.5 Å². The van der Waals surface area contributed by atoms with Crippen molar-refractivity contribution in [3.8, 4) is 17.2 Å². The number of rotatable bonds is 10. The number of nitrogens with one attached hydrogen (secondary N) is 2. The van der Waals surface area contributed by atoms with Crippen LogP contribution >= 0.6 is 12.2 Å². The van der Waals surface area contributed by atoms with Crippen molar-refractivity contribution in [2.45, 2.75) is 40.0 Å². The van der Waals surface area contributed by atoms with E-state index in [0.29, 0.717) is 54.3 Å². The molecule has 0 aliphatic rings. The highest BCUT2D eigenvalue weighted by atomic mass is 32.1. The number of nitrogens with zero attached hydrogens (tertiary/aromatic N) is 1. The average Bonchev–Trinajstić information content (AvgIpc) is 2.76. The van der Waals surface area contributed by atoms with Crippen molar-refractivity contribution in [3.63, 3.8) is 0 Å². The number of carbonyl (C=O) groups excluding carboxylic acids is 1. The lowest BCUT2D eigenvalue weighted by atomic mass is 10.1. The molecule has 1 heterocycles. The van der Waals surface area contributed by atoms with E-state index in [1.54, 1.807) is 24.3 Å². The molecule has 0 saturated carbocycles. The van der Waals surface area contributed by atoms with Gasteiger partial charge in [-0.15, -0.1) is 0 Å². The van der Waals surface area contributed by atoms with Crippen LogP contribution in [-0.2, 0) is 11.2 Å². The fraction of sp³-hybridized carbons (Fsp3) is 0.375. The first-order valence-electron chi connectivity index (χ1n) is 10.9. The van der Waals surface area contributed by atoms with Gasteiger partial charge in [0.05, 0.1) is 36.2 Å². The van der Waals surface area contributed by atoms with E-state index in [2.05, 4.69) is 17.2 Å². The molecular formula is C24H29N3O4S. The summed E-state index contributed by atoms with van der Waals surface area (Å²) in [5, 5.41) is 3.36. The smallest absolute Gasteiger partial charge is 0.266 e. The van der Waals surface area contributed by atoms with E-state index in [4.69, 9.17) is 21.7 Å². The van der Waals surface area contributed by atoms with Gasteiger partial charge in [0.1, 0.15) is 0 Å². The zero-order chi connectivity index (χ0) is 23.1. The quantitative estimate of drug-likeness (QED) is 0.352. The summed E-state index contributed by atoms with van der Waals surface area (Å²) in [6.07, 6.45) is 2.29. The predicted octanol–water partition coefficient (Wildman–Crippen LogP) is 4.30. The number of unbranched alkanes of at least 4 members (excludes halogenated alkanes) is 1. The number of benzene rings is 2. The third kappa shape index (κ3) is 5.37. The van der Waals surface area contributed by atoms with Crippen molar-refractivity contribution < 1.29 is 14.3 Å². The number of H-pyrrole nitrogens is 1. The third-order valence-corrected chi connectivity index (χ3v) is 5.26. The molecule has 1 aromatic heterocycles. The molecule has 3 rings (SSSR count). The summed E-state index contributed by atoms with van der Waals surface area (Å²) < 4.78 is 13.0. The highest BCUT2D eigenvalue weighted by molar-refractivity contribution is 7.71. The molecule has 0 saturated heterocycles. The molecule has 0 spiro atoms. The minimum atomic E-state index is -0.252. The van der Waals surface area contributed by atoms with Gasteiger partial charge in [-0.25, -0.2) is 0 Å². The second kappa shape index (κ2) is 10.9. The van der Waals surface area contributed by atoms with Crippen LogP contribution in [0.1, 0.15) is 39.2 Å². The van der Waals surface area contributed by atoms with E-state index in [1.807, 2.05) is 26.0 Å². The van der Waals surface area contributed by atoms with Crippen molar-refractivity contribution in [2.75, 3.05) is 19.8 Å². The van der Waals surface area contributed by atoms with Crippen LogP contribution in [0.2, 0.25) is 0 Å². The number of aromatic nitrogens is 2. The molecule has 7 nitrogen and oxygen atoms in total. The summed E-state index contributed by atoms with van der Waals surface area (Å²) in [5.41, 5.74) is 1.83. The topological polar surface area (TPSA) is 85.3 Å². The Morgan fingerprint density at radius 2 is 1.72 bits per heavy atom. The van der Waals surface area contributed by atoms with Crippen molar-refractivity contribution >= 4 is 29.0 Å². The van der Waals surface area contributed by atoms with Crippen LogP contribution in [0, 0.1) is 4.77 Å². The number of carbonyl (C=O) groups is 1. The summed E-state index contributed by atoms with van der Waals surface area (Å²) in [7, 11) is 0. The predicted molar refractivity (Wildman–Crippen MR) is 129 cm³/mol. The van der Waals surface area contributed by atoms with E-state index in [0.717, 1.165) is 18.4 Å². The molecule has 2 N–H and O–H groups in total. The van der Waals surface area contributed by atoms with Gasteiger partial charge in [0.15, 0.2) is 16.3 Å². The van der Waals surface area contributed by atoms with Gasteiger partial charge in [-0.2, -0.15) is 0 Å². The van der Waals surface area contributed by atoms with Gasteiger partial charge in [-0.05, 0) is 56.2 Å². The van der Waals surface area contributed by atoms with Crippen molar-refractivity contribution in [1.82, 2.24) is 14.9 Å². The number of ether oxygens (including phenoxy) is 2. The first-order valence-corrected chi connectivity index (χ1v) is 11.3. The van der Waals surface area contributed by atoms with Crippen LogP contribution in [-0.4, -0.2) is 35.2 Å². The maximum atomic E-state index is 13.3. The number of hydrogen-bond acceptors (Lipinski definition) is 5. The summed E-state index contributed by atoms with van der Waals surface area (Å²) in [6.45, 7) is 7.47. The zero-order valence-corrected chi connectivity index (χ0v) is 19.5. The molecule has 0 radical (unpaired) electrons. The van der Waals surface area contributed by atoms with Crippen LogP contribution in [0.15, 0.2) is 41.2 Å². The molecule has 0 atom stereocenters. The molecule has 0 aliphatic carbocycles. The zero-order valence-electron chi connectivity index (χ0n) is 18.7. The minimum absolute atomic E-state index is 0.0140. The maximum absolute atomic E-state index is 13.3. The molecule has 0 bridgehead atoms. The van der Waals surface area contributed by atoms with Crippen LogP contribution < -0.4 is 20.3 Å². The summed E-state index contributed by atoms with van der Waals surface area (Å²) in [5.74, 6) is 1.06. The average molecular weight is 456 g/mol. The highest BCUT2D eigenvalue weighted by Gasteiger charge is 2.14. The highest BCUT2D eigenvalue weighted by Crippen LogP contribution is 2.31. The Kier molecular flexibility index (Phi) is 8.05. The van der Waals surface area contributed by atoms with Gasteiger partial charge < -0.3 is 19.8 Å². The first-order chi connectivity index (χ1) is 15.5. The molecule has 0 unspecified atom stereocenters. The Bertz CT molecular complexity index is 1200. The summed E-state index contributed by atoms with van der Waals surface area (Å²) in [4.78, 5) is 28.5. The first kappa shape index (κ1) is 23.5. The number of fused-ring (bicyclic) bond motifs is 1. The summed E-state index contributed by atoms with van der Waals surface area (Å²) in [6, 6.07) is 10.7. The molecule has 2 aromatic carbocycles. The number of hydrogen-bond donors (Lipinski definition) is 2. The largest absolute Gasteiger partial charge is 0.490 e. The van der Waals surface area contributed by atoms with Crippen LogP contribution in [0.3, 0.4) is 0 Å². The van der Waals surface area contributed by atoms with E-state index in [-0.39, 0.29) is 16.2 Å². The molecule has 170 valence electrons. The molecule has 32 heavy (non-hydrogen) atoms. The van der Waals surface area contributed by atoms with Gasteiger partial charge in [0, 0.05) is 12.6 Å². The van der Waals surface area contributed by atoms with E-state index in [9.17, 15) is 9.59 Å². The molecular weight excluding hydrogens is 426 g/mol. The maximum Gasteiger partial charge on any atom is 0.266 e. The van der Waals surface area contributed by atoms with Crippen molar-refractivity contribution in [1.29, 1.82) is 0 Å². The van der Waals surface area contributed by atoms with E-state index >= 15 is 0 Å². The Balaban J connectivity index is 1.94. The second-order valence-corrected chi connectivity index (χ2v) is 7.71. The normalized spacial score (nSPS) is 10.8. The Morgan fingerprint density at radius 3 is 2.34 bits per heavy atom. The van der Waals surface area contributed by atoms with Crippen LogP contribution in [0.4, 0.5) is 0 Å². The molecule has 0 fully saturated rings. The van der Waals surface area contributed by atoms with Gasteiger partial charge in [0.25, 0.3) is 5.56 Å². The number of aromatic amines is 1. The second-order valence-electron chi connectivity index (χ2n) is 7.33. The lowest BCUT2D eigenvalue weighted by Gasteiger charge is -2.14. The lowest BCUT2D eigenvalue weighted by Crippen LogP contribution is -2.26. The monoisotopic (exact) mass is 455 g/mol. The Morgan fingerprint density at radius 1 is 1.06 bits per heavy atom.